The second-order valence-electron chi connectivity index (χ2n) is 4.86. The van der Waals surface area contributed by atoms with Crippen molar-refractivity contribution in [3.63, 3.8) is 0 Å². The second kappa shape index (κ2) is 6.95. The van der Waals surface area contributed by atoms with Crippen molar-refractivity contribution in [3.8, 4) is 11.6 Å². The average Bonchev–Trinajstić information content (AvgIpc) is 3.06. The summed E-state index contributed by atoms with van der Waals surface area (Å²) in [6, 6.07) is 7.99. The zero-order valence-corrected chi connectivity index (χ0v) is 12.4. The summed E-state index contributed by atoms with van der Waals surface area (Å²) >= 11 is 0. The number of nitrogens with one attached hydrogen (secondary N) is 1. The molecule has 0 spiro atoms. The number of carbonyl (C=O) groups excluding carboxylic acids is 1. The van der Waals surface area contributed by atoms with Gasteiger partial charge in [0.05, 0.1) is 5.56 Å². The van der Waals surface area contributed by atoms with Crippen LogP contribution >= 0.6 is 0 Å². The van der Waals surface area contributed by atoms with Gasteiger partial charge in [0, 0.05) is 19.2 Å². The first-order valence-corrected chi connectivity index (χ1v) is 7.11. The predicted molar refractivity (Wildman–Crippen MR) is 79.9 cm³/mol. The van der Waals surface area contributed by atoms with E-state index in [1.807, 2.05) is 0 Å². The fraction of sp³-hybridized carbons (Fsp3) is 0.125. The minimum Gasteiger partial charge on any atom is -0.351 e. The molecule has 0 aliphatic rings. The Morgan fingerprint density at radius 2 is 2.08 bits per heavy atom. The summed E-state index contributed by atoms with van der Waals surface area (Å²) in [6.07, 6.45) is 1.88. The van der Waals surface area contributed by atoms with Gasteiger partial charge in [-0.15, -0.1) is 0 Å². The molecule has 122 valence electrons. The van der Waals surface area contributed by atoms with Gasteiger partial charge in [0.1, 0.15) is 17.3 Å². The molecular weight excluding hydrogens is 318 g/mol. The zero-order valence-electron chi connectivity index (χ0n) is 12.4. The number of nitrogens with zero attached hydrogens (tertiary/aromatic N) is 3. The Balaban J connectivity index is 1.58. The molecule has 0 aliphatic heterocycles. The highest BCUT2D eigenvalue weighted by Crippen LogP contribution is 2.13. The molecule has 2 aromatic heterocycles. The third-order valence-corrected chi connectivity index (χ3v) is 3.16. The van der Waals surface area contributed by atoms with Crippen LogP contribution in [0.4, 0.5) is 8.78 Å². The van der Waals surface area contributed by atoms with Gasteiger partial charge < -0.3 is 9.84 Å². The highest BCUT2D eigenvalue weighted by molar-refractivity contribution is 5.94. The molecule has 2 heterocycles. The Hall–Kier alpha value is -3.16. The minimum absolute atomic E-state index is 0.149. The van der Waals surface area contributed by atoms with Crippen molar-refractivity contribution < 1.29 is 18.1 Å². The van der Waals surface area contributed by atoms with E-state index in [2.05, 4.69) is 20.4 Å². The first-order chi connectivity index (χ1) is 11.6. The van der Waals surface area contributed by atoms with Crippen LogP contribution in [0.25, 0.3) is 11.6 Å². The fourth-order valence-corrected chi connectivity index (χ4v) is 2.00. The summed E-state index contributed by atoms with van der Waals surface area (Å²) in [7, 11) is 0. The van der Waals surface area contributed by atoms with Gasteiger partial charge in [-0.05, 0) is 30.3 Å². The molecule has 1 N–H and O–H groups in total. The van der Waals surface area contributed by atoms with E-state index in [9.17, 15) is 13.6 Å². The zero-order chi connectivity index (χ0) is 16.9. The maximum atomic E-state index is 13.5. The van der Waals surface area contributed by atoms with Gasteiger partial charge >= 0.3 is 0 Å². The van der Waals surface area contributed by atoms with Crippen LogP contribution in [0.5, 0.6) is 0 Å². The second-order valence-corrected chi connectivity index (χ2v) is 4.86. The van der Waals surface area contributed by atoms with Crippen molar-refractivity contribution in [1.29, 1.82) is 0 Å². The topological polar surface area (TPSA) is 80.9 Å². The number of rotatable bonds is 5. The summed E-state index contributed by atoms with van der Waals surface area (Å²) in [4.78, 5) is 20.1. The van der Waals surface area contributed by atoms with Crippen LogP contribution in [-0.2, 0) is 6.42 Å². The number of benzene rings is 1. The highest BCUT2D eigenvalue weighted by Gasteiger charge is 2.13. The van der Waals surface area contributed by atoms with Crippen molar-refractivity contribution in [3.05, 3.63) is 65.6 Å². The van der Waals surface area contributed by atoms with E-state index in [4.69, 9.17) is 4.52 Å². The molecule has 3 rings (SSSR count). The van der Waals surface area contributed by atoms with Gasteiger partial charge in [0.2, 0.25) is 0 Å². The first kappa shape index (κ1) is 15.7. The van der Waals surface area contributed by atoms with Crippen molar-refractivity contribution in [2.75, 3.05) is 6.54 Å². The highest BCUT2D eigenvalue weighted by atomic mass is 19.1. The summed E-state index contributed by atoms with van der Waals surface area (Å²) in [5.74, 6) is -1.53. The van der Waals surface area contributed by atoms with Crippen molar-refractivity contribution in [2.24, 2.45) is 0 Å². The molecule has 0 bridgehead atoms. The maximum Gasteiger partial charge on any atom is 0.276 e. The predicted octanol–water partition coefficient (Wildman–Crippen LogP) is 2.38. The van der Waals surface area contributed by atoms with Gasteiger partial charge in [-0.25, -0.2) is 8.78 Å². The SMILES string of the molecule is O=C(NCCc1noc(-c2ccccn2)n1)c1cc(F)ccc1F. The van der Waals surface area contributed by atoms with E-state index in [0.717, 1.165) is 18.2 Å². The Bertz CT molecular complexity index is 852. The van der Waals surface area contributed by atoms with Crippen molar-refractivity contribution in [1.82, 2.24) is 20.4 Å². The molecule has 0 aliphatic carbocycles. The largest absolute Gasteiger partial charge is 0.351 e. The van der Waals surface area contributed by atoms with Crippen LogP contribution in [0.3, 0.4) is 0 Å². The van der Waals surface area contributed by atoms with Gasteiger partial charge in [-0.2, -0.15) is 4.98 Å². The van der Waals surface area contributed by atoms with Crippen molar-refractivity contribution in [2.45, 2.75) is 6.42 Å². The smallest absolute Gasteiger partial charge is 0.276 e. The molecule has 0 radical (unpaired) electrons. The van der Waals surface area contributed by atoms with E-state index in [1.54, 1.807) is 24.4 Å². The number of pyridine rings is 1. The minimum atomic E-state index is -0.786. The summed E-state index contributed by atoms with van der Waals surface area (Å²) in [5.41, 5.74) is 0.194. The quantitative estimate of drug-likeness (QED) is 0.777. The van der Waals surface area contributed by atoms with E-state index in [1.165, 1.54) is 0 Å². The molecule has 0 saturated carbocycles. The molecule has 1 amide bonds. The van der Waals surface area contributed by atoms with Crippen LogP contribution < -0.4 is 5.32 Å². The van der Waals surface area contributed by atoms with Crippen molar-refractivity contribution >= 4 is 5.91 Å². The maximum absolute atomic E-state index is 13.5. The normalized spacial score (nSPS) is 10.6. The van der Waals surface area contributed by atoms with E-state index < -0.39 is 17.5 Å². The lowest BCUT2D eigenvalue weighted by molar-refractivity contribution is 0.0949. The van der Waals surface area contributed by atoms with E-state index >= 15 is 0 Å². The Labute approximate surface area is 135 Å². The molecular formula is C16H12F2N4O2. The lowest BCUT2D eigenvalue weighted by Crippen LogP contribution is -2.27. The summed E-state index contributed by atoms with van der Waals surface area (Å²) in [5, 5.41) is 6.26. The van der Waals surface area contributed by atoms with Gasteiger partial charge in [0.15, 0.2) is 5.82 Å². The first-order valence-electron chi connectivity index (χ1n) is 7.11. The third kappa shape index (κ3) is 3.60. The molecule has 0 unspecified atom stereocenters. The lowest BCUT2D eigenvalue weighted by Gasteiger charge is -2.04. The van der Waals surface area contributed by atoms with Crippen LogP contribution in [0.2, 0.25) is 0 Å². The lowest BCUT2D eigenvalue weighted by atomic mass is 10.2. The Morgan fingerprint density at radius 1 is 1.21 bits per heavy atom. The van der Waals surface area contributed by atoms with Crippen LogP contribution in [0.15, 0.2) is 47.1 Å². The molecule has 0 fully saturated rings. The summed E-state index contributed by atoms with van der Waals surface area (Å²) in [6.45, 7) is 0.149. The molecule has 3 aromatic rings. The molecule has 8 heteroatoms. The number of carbonyl (C=O) groups is 1. The molecule has 0 atom stereocenters. The molecule has 0 saturated heterocycles. The monoisotopic (exact) mass is 330 g/mol. The van der Waals surface area contributed by atoms with E-state index in [-0.39, 0.29) is 24.4 Å². The fourth-order valence-electron chi connectivity index (χ4n) is 2.00. The Kier molecular flexibility index (Phi) is 4.55. The standard InChI is InChI=1S/C16H12F2N4O2/c17-10-4-5-12(18)11(9-10)15(23)20-8-6-14-21-16(24-22-14)13-3-1-2-7-19-13/h1-5,7,9H,6,8H2,(H,20,23). The molecule has 1 aromatic carbocycles. The van der Waals surface area contributed by atoms with Crippen LogP contribution in [-0.4, -0.2) is 27.6 Å². The van der Waals surface area contributed by atoms with Crippen LogP contribution in [0, 0.1) is 11.6 Å². The third-order valence-electron chi connectivity index (χ3n) is 3.16. The number of aromatic nitrogens is 3. The number of hydrogen-bond donors (Lipinski definition) is 1. The summed E-state index contributed by atoms with van der Waals surface area (Å²) < 4.78 is 31.6. The van der Waals surface area contributed by atoms with Gasteiger partial charge in [-0.1, -0.05) is 11.2 Å². The van der Waals surface area contributed by atoms with E-state index in [0.29, 0.717) is 11.5 Å². The van der Waals surface area contributed by atoms with Crippen LogP contribution in [0.1, 0.15) is 16.2 Å². The number of hydrogen-bond acceptors (Lipinski definition) is 5. The Morgan fingerprint density at radius 3 is 2.88 bits per heavy atom. The molecule has 24 heavy (non-hydrogen) atoms. The molecule has 6 nitrogen and oxygen atoms in total. The number of halogens is 2. The number of amides is 1. The average molecular weight is 330 g/mol. The van der Waals surface area contributed by atoms with Gasteiger partial charge in [-0.3, -0.25) is 9.78 Å². The van der Waals surface area contributed by atoms with Gasteiger partial charge in [0.25, 0.3) is 11.8 Å².